The van der Waals surface area contributed by atoms with Crippen molar-refractivity contribution in [3.05, 3.63) is 34.6 Å². The van der Waals surface area contributed by atoms with Crippen molar-refractivity contribution in [3.8, 4) is 0 Å². The topological polar surface area (TPSA) is 35.5 Å². The van der Waals surface area contributed by atoms with Crippen molar-refractivity contribution in [1.29, 1.82) is 0 Å². The van der Waals surface area contributed by atoms with E-state index in [0.29, 0.717) is 11.4 Å². The predicted molar refractivity (Wildman–Crippen MR) is 77.5 cm³/mol. The molecular weight excluding hydrogens is 290 g/mol. The molecular formula is C13H19Cl2FN2O. The van der Waals surface area contributed by atoms with Gasteiger partial charge in [0.1, 0.15) is 5.82 Å². The van der Waals surface area contributed by atoms with Gasteiger partial charge in [-0.3, -0.25) is 4.90 Å². The second-order valence-electron chi connectivity index (χ2n) is 4.48. The lowest BCUT2D eigenvalue weighted by molar-refractivity contribution is 0.141. The number of piperazine rings is 1. The zero-order chi connectivity index (χ0) is 13.0. The molecule has 1 fully saturated rings. The van der Waals surface area contributed by atoms with Gasteiger partial charge in [-0.2, -0.15) is 0 Å². The van der Waals surface area contributed by atoms with Crippen LogP contribution in [0.4, 0.5) is 4.39 Å². The Kier molecular flexibility index (Phi) is 7.04. The maximum absolute atomic E-state index is 13.4. The van der Waals surface area contributed by atoms with Crippen LogP contribution in [0.15, 0.2) is 18.2 Å². The van der Waals surface area contributed by atoms with Crippen LogP contribution in [-0.4, -0.2) is 42.8 Å². The van der Waals surface area contributed by atoms with Crippen LogP contribution in [0.25, 0.3) is 0 Å². The molecule has 1 aromatic rings. The second-order valence-corrected chi connectivity index (χ2v) is 4.89. The van der Waals surface area contributed by atoms with Crippen LogP contribution in [-0.2, 0) is 0 Å². The van der Waals surface area contributed by atoms with Crippen LogP contribution in [0.2, 0.25) is 5.02 Å². The second kappa shape index (κ2) is 8.02. The fourth-order valence-corrected chi connectivity index (χ4v) is 2.66. The summed E-state index contributed by atoms with van der Waals surface area (Å²) in [6.45, 7) is 3.67. The van der Waals surface area contributed by atoms with E-state index in [1.54, 1.807) is 6.07 Å². The Morgan fingerprint density at radius 1 is 1.37 bits per heavy atom. The van der Waals surface area contributed by atoms with Crippen LogP contribution in [0.1, 0.15) is 18.0 Å². The van der Waals surface area contributed by atoms with E-state index in [1.165, 1.54) is 12.1 Å². The van der Waals surface area contributed by atoms with Crippen molar-refractivity contribution < 1.29 is 9.50 Å². The van der Waals surface area contributed by atoms with Crippen molar-refractivity contribution in [1.82, 2.24) is 10.2 Å². The molecule has 1 saturated heterocycles. The fourth-order valence-electron chi connectivity index (χ4n) is 2.42. The quantitative estimate of drug-likeness (QED) is 0.895. The number of nitrogens with one attached hydrogen (secondary N) is 1. The zero-order valence-corrected chi connectivity index (χ0v) is 12.2. The van der Waals surface area contributed by atoms with Gasteiger partial charge in [-0.1, -0.05) is 11.6 Å². The first-order chi connectivity index (χ1) is 8.72. The van der Waals surface area contributed by atoms with Crippen LogP contribution < -0.4 is 5.32 Å². The lowest BCUT2D eigenvalue weighted by Crippen LogP contribution is -2.45. The molecule has 1 aliphatic heterocycles. The van der Waals surface area contributed by atoms with Gasteiger partial charge in [0, 0.05) is 43.9 Å². The summed E-state index contributed by atoms with van der Waals surface area (Å²) in [5.41, 5.74) is 0.771. The zero-order valence-electron chi connectivity index (χ0n) is 10.6. The normalized spacial score (nSPS) is 17.8. The summed E-state index contributed by atoms with van der Waals surface area (Å²) >= 11 is 6.16. The lowest BCUT2D eigenvalue weighted by Gasteiger charge is -2.35. The molecule has 0 unspecified atom stereocenters. The van der Waals surface area contributed by atoms with Gasteiger partial charge in [0.15, 0.2) is 0 Å². The van der Waals surface area contributed by atoms with E-state index in [9.17, 15) is 9.50 Å². The average Bonchev–Trinajstić information content (AvgIpc) is 2.40. The van der Waals surface area contributed by atoms with Gasteiger partial charge < -0.3 is 10.4 Å². The Morgan fingerprint density at radius 2 is 2.05 bits per heavy atom. The number of benzene rings is 1. The van der Waals surface area contributed by atoms with Crippen LogP contribution in [0.5, 0.6) is 0 Å². The third kappa shape index (κ3) is 4.29. The smallest absolute Gasteiger partial charge is 0.123 e. The highest BCUT2D eigenvalue weighted by molar-refractivity contribution is 6.31. The van der Waals surface area contributed by atoms with E-state index < -0.39 is 0 Å². The number of rotatable bonds is 4. The number of aliphatic hydroxyl groups is 1. The molecule has 108 valence electrons. The van der Waals surface area contributed by atoms with Gasteiger partial charge in [-0.25, -0.2) is 4.39 Å². The first kappa shape index (κ1) is 16.7. The van der Waals surface area contributed by atoms with Crippen LogP contribution in [0.3, 0.4) is 0 Å². The summed E-state index contributed by atoms with van der Waals surface area (Å²) in [4.78, 5) is 2.24. The Balaban J connectivity index is 0.00000180. The van der Waals surface area contributed by atoms with Crippen molar-refractivity contribution in [3.63, 3.8) is 0 Å². The van der Waals surface area contributed by atoms with E-state index in [0.717, 1.165) is 31.7 Å². The molecule has 0 saturated carbocycles. The molecule has 1 aliphatic rings. The van der Waals surface area contributed by atoms with Crippen LogP contribution in [0, 0.1) is 5.82 Å². The van der Waals surface area contributed by atoms with Crippen molar-refractivity contribution >= 4 is 24.0 Å². The van der Waals surface area contributed by atoms with Gasteiger partial charge in [-0.05, 0) is 30.2 Å². The molecule has 0 bridgehead atoms. The average molecular weight is 309 g/mol. The third-order valence-electron chi connectivity index (χ3n) is 3.31. The SMILES string of the molecule is Cl.OCC[C@@H](c1cc(F)ccc1Cl)N1CCNCC1. The molecule has 1 heterocycles. The molecule has 0 aromatic heterocycles. The van der Waals surface area contributed by atoms with Gasteiger partial charge in [0.2, 0.25) is 0 Å². The minimum atomic E-state index is -0.285. The van der Waals surface area contributed by atoms with Crippen molar-refractivity contribution in [2.45, 2.75) is 12.5 Å². The molecule has 19 heavy (non-hydrogen) atoms. The Labute approximate surface area is 124 Å². The summed E-state index contributed by atoms with van der Waals surface area (Å²) in [5, 5.41) is 13.1. The Bertz CT molecular complexity index is 400. The maximum Gasteiger partial charge on any atom is 0.123 e. The Morgan fingerprint density at radius 3 is 2.68 bits per heavy atom. The van der Waals surface area contributed by atoms with E-state index in [4.69, 9.17) is 11.6 Å². The molecule has 0 amide bonds. The van der Waals surface area contributed by atoms with Gasteiger partial charge in [-0.15, -0.1) is 12.4 Å². The standard InChI is InChI=1S/C13H18ClFN2O.ClH/c14-12-2-1-10(15)9-11(12)13(3-8-18)17-6-4-16-5-7-17;/h1-2,9,13,16,18H,3-8H2;1H/t13-;/m0./s1. The molecule has 1 atom stereocenters. The first-order valence-electron chi connectivity index (χ1n) is 6.23. The highest BCUT2D eigenvalue weighted by Gasteiger charge is 2.23. The maximum atomic E-state index is 13.4. The van der Waals surface area contributed by atoms with E-state index in [-0.39, 0.29) is 30.9 Å². The van der Waals surface area contributed by atoms with E-state index in [2.05, 4.69) is 10.2 Å². The first-order valence-corrected chi connectivity index (χ1v) is 6.60. The molecule has 0 radical (unpaired) electrons. The molecule has 0 aliphatic carbocycles. The van der Waals surface area contributed by atoms with Gasteiger partial charge >= 0.3 is 0 Å². The highest BCUT2D eigenvalue weighted by atomic mass is 35.5. The third-order valence-corrected chi connectivity index (χ3v) is 3.66. The van der Waals surface area contributed by atoms with Gasteiger partial charge in [0.25, 0.3) is 0 Å². The monoisotopic (exact) mass is 308 g/mol. The Hall–Kier alpha value is -0.390. The van der Waals surface area contributed by atoms with Gasteiger partial charge in [0.05, 0.1) is 0 Å². The fraction of sp³-hybridized carbons (Fsp3) is 0.538. The number of halogens is 3. The number of nitrogens with zero attached hydrogens (tertiary/aromatic N) is 1. The number of hydrogen-bond donors (Lipinski definition) is 2. The van der Waals surface area contributed by atoms with Crippen molar-refractivity contribution in [2.75, 3.05) is 32.8 Å². The minimum absolute atomic E-state index is 0. The summed E-state index contributed by atoms with van der Waals surface area (Å²) in [6.07, 6.45) is 0.573. The molecule has 1 aromatic carbocycles. The summed E-state index contributed by atoms with van der Waals surface area (Å²) in [6, 6.07) is 4.41. The largest absolute Gasteiger partial charge is 0.396 e. The molecule has 2 rings (SSSR count). The van der Waals surface area contributed by atoms with E-state index in [1.807, 2.05) is 0 Å². The van der Waals surface area contributed by atoms with Crippen molar-refractivity contribution in [2.24, 2.45) is 0 Å². The summed E-state index contributed by atoms with van der Waals surface area (Å²) in [7, 11) is 0. The molecule has 6 heteroatoms. The minimum Gasteiger partial charge on any atom is -0.396 e. The molecule has 2 N–H and O–H groups in total. The molecule has 3 nitrogen and oxygen atoms in total. The number of hydrogen-bond acceptors (Lipinski definition) is 3. The highest BCUT2D eigenvalue weighted by Crippen LogP contribution is 2.30. The summed E-state index contributed by atoms with van der Waals surface area (Å²) in [5.74, 6) is -0.285. The number of aliphatic hydroxyl groups excluding tert-OH is 1. The van der Waals surface area contributed by atoms with E-state index >= 15 is 0 Å². The summed E-state index contributed by atoms with van der Waals surface area (Å²) < 4.78 is 13.4. The van der Waals surface area contributed by atoms with Crippen LogP contribution >= 0.6 is 24.0 Å². The molecule has 0 spiro atoms. The predicted octanol–water partition coefficient (Wildman–Crippen LogP) is 2.23. The lowest BCUT2D eigenvalue weighted by atomic mass is 10.0.